The summed E-state index contributed by atoms with van der Waals surface area (Å²) < 4.78 is 4.79. The number of piperidine rings is 1. The van der Waals surface area contributed by atoms with Crippen molar-refractivity contribution in [1.82, 2.24) is 15.1 Å². The van der Waals surface area contributed by atoms with Gasteiger partial charge in [-0.25, -0.2) is 4.79 Å². The smallest absolute Gasteiger partial charge is 0.328 e. The fraction of sp³-hybridized carbons (Fsp3) is 0.643. The highest BCUT2D eigenvalue weighted by atomic mass is 16.5. The van der Waals surface area contributed by atoms with Crippen LogP contribution in [0.5, 0.6) is 0 Å². The highest BCUT2D eigenvalue weighted by Gasteiger charge is 2.35. The van der Waals surface area contributed by atoms with Crippen molar-refractivity contribution in [3.05, 3.63) is 11.4 Å². The Morgan fingerprint density at radius 1 is 1.48 bits per heavy atom. The van der Waals surface area contributed by atoms with E-state index >= 15 is 0 Å². The second kappa shape index (κ2) is 6.60. The fourth-order valence-corrected chi connectivity index (χ4v) is 2.68. The zero-order chi connectivity index (χ0) is 15.4. The number of aromatic amines is 1. The lowest BCUT2D eigenvalue weighted by Crippen LogP contribution is -2.48. The summed E-state index contributed by atoms with van der Waals surface area (Å²) in [5, 5.41) is 6.85. The molecule has 1 saturated heterocycles. The number of esters is 1. The number of nitrogen functional groups attached to an aromatic ring is 1. The normalized spacial score (nSPS) is 18.6. The number of methoxy groups -OCH3 is 1. The van der Waals surface area contributed by atoms with Gasteiger partial charge in [0.25, 0.3) is 5.91 Å². The summed E-state index contributed by atoms with van der Waals surface area (Å²) in [5.74, 6) is -0.688. The zero-order valence-corrected chi connectivity index (χ0v) is 12.5. The number of hydrogen-bond donors (Lipinski definition) is 2. The van der Waals surface area contributed by atoms with Crippen molar-refractivity contribution in [2.24, 2.45) is 0 Å². The number of likely N-dealkylation sites (tertiary alicyclic amines) is 1. The van der Waals surface area contributed by atoms with Crippen molar-refractivity contribution in [3.63, 3.8) is 0 Å². The standard InChI is InChI=1S/C14H22N4O3/c1-3-6-9-11(15)12(17-16-9)13(19)18-8-5-4-7-10(18)14(20)21-2/h10H,3-8,15H2,1-2H3,(H,16,17). The number of nitrogens with one attached hydrogen (secondary N) is 1. The van der Waals surface area contributed by atoms with Crippen LogP contribution in [0.2, 0.25) is 0 Å². The molecule has 1 aromatic rings. The lowest BCUT2D eigenvalue weighted by molar-refractivity contribution is -0.147. The van der Waals surface area contributed by atoms with Crippen LogP contribution >= 0.6 is 0 Å². The van der Waals surface area contributed by atoms with Crippen molar-refractivity contribution >= 4 is 17.6 Å². The third kappa shape index (κ3) is 3.01. The molecule has 2 rings (SSSR count). The van der Waals surface area contributed by atoms with Gasteiger partial charge in [-0.15, -0.1) is 0 Å². The molecule has 7 heteroatoms. The van der Waals surface area contributed by atoms with Gasteiger partial charge < -0.3 is 15.4 Å². The first-order chi connectivity index (χ1) is 10.1. The van der Waals surface area contributed by atoms with Gasteiger partial charge in [0, 0.05) is 6.54 Å². The van der Waals surface area contributed by atoms with Crippen molar-refractivity contribution in [1.29, 1.82) is 0 Å². The van der Waals surface area contributed by atoms with Gasteiger partial charge in [0.2, 0.25) is 0 Å². The molecule has 0 radical (unpaired) electrons. The second-order valence-electron chi connectivity index (χ2n) is 5.25. The van der Waals surface area contributed by atoms with Gasteiger partial charge in [-0.3, -0.25) is 9.89 Å². The van der Waals surface area contributed by atoms with E-state index < -0.39 is 6.04 Å². The first-order valence-corrected chi connectivity index (χ1v) is 7.31. The average molecular weight is 294 g/mol. The van der Waals surface area contributed by atoms with Crippen LogP contribution in [-0.4, -0.2) is 46.7 Å². The van der Waals surface area contributed by atoms with E-state index in [-0.39, 0.29) is 17.6 Å². The first-order valence-electron chi connectivity index (χ1n) is 7.31. The average Bonchev–Trinajstić information content (AvgIpc) is 2.87. The summed E-state index contributed by atoms with van der Waals surface area (Å²) in [6.07, 6.45) is 4.04. The minimum Gasteiger partial charge on any atom is -0.467 e. The molecule has 1 aliphatic rings. The Kier molecular flexibility index (Phi) is 4.82. The molecule has 116 valence electrons. The molecule has 7 nitrogen and oxygen atoms in total. The number of H-pyrrole nitrogens is 1. The molecule has 1 fully saturated rings. The van der Waals surface area contributed by atoms with E-state index in [1.54, 1.807) is 0 Å². The summed E-state index contributed by atoms with van der Waals surface area (Å²) >= 11 is 0. The van der Waals surface area contributed by atoms with Crippen LogP contribution in [0.3, 0.4) is 0 Å². The molecule has 2 heterocycles. The van der Waals surface area contributed by atoms with Gasteiger partial charge in [0.1, 0.15) is 6.04 Å². The van der Waals surface area contributed by atoms with Gasteiger partial charge in [-0.1, -0.05) is 13.3 Å². The topological polar surface area (TPSA) is 101 Å². The second-order valence-corrected chi connectivity index (χ2v) is 5.25. The minimum atomic E-state index is -0.540. The predicted molar refractivity (Wildman–Crippen MR) is 77.7 cm³/mol. The summed E-state index contributed by atoms with van der Waals surface area (Å²) in [4.78, 5) is 26.0. The number of nitrogens with two attached hydrogens (primary N) is 1. The first kappa shape index (κ1) is 15.3. The van der Waals surface area contributed by atoms with E-state index in [0.717, 1.165) is 31.4 Å². The van der Waals surface area contributed by atoms with E-state index in [2.05, 4.69) is 10.2 Å². The van der Waals surface area contributed by atoms with Crippen molar-refractivity contribution in [2.75, 3.05) is 19.4 Å². The number of carbonyl (C=O) groups is 2. The maximum absolute atomic E-state index is 12.6. The number of anilines is 1. The molecular formula is C14H22N4O3. The molecule has 1 aliphatic heterocycles. The van der Waals surface area contributed by atoms with E-state index in [9.17, 15) is 9.59 Å². The molecule has 1 atom stereocenters. The SMILES string of the molecule is CCCc1[nH]nc(C(=O)N2CCCCC2C(=O)OC)c1N. The Bertz CT molecular complexity index is 526. The number of amides is 1. The van der Waals surface area contributed by atoms with Crippen molar-refractivity contribution in [3.8, 4) is 0 Å². The van der Waals surface area contributed by atoms with Gasteiger partial charge in [0.05, 0.1) is 18.5 Å². The van der Waals surface area contributed by atoms with Crippen LogP contribution in [0.1, 0.15) is 48.8 Å². The highest BCUT2D eigenvalue weighted by Crippen LogP contribution is 2.23. The van der Waals surface area contributed by atoms with Crippen LogP contribution in [-0.2, 0) is 16.0 Å². The summed E-state index contributed by atoms with van der Waals surface area (Å²) in [6, 6.07) is -0.540. The Morgan fingerprint density at radius 3 is 2.90 bits per heavy atom. The fourth-order valence-electron chi connectivity index (χ4n) is 2.68. The maximum atomic E-state index is 12.6. The van der Waals surface area contributed by atoms with E-state index in [0.29, 0.717) is 18.7 Å². The summed E-state index contributed by atoms with van der Waals surface area (Å²) in [5.41, 5.74) is 7.35. The number of ether oxygens (including phenoxy) is 1. The lowest BCUT2D eigenvalue weighted by Gasteiger charge is -2.33. The number of rotatable bonds is 4. The molecule has 0 saturated carbocycles. The Morgan fingerprint density at radius 2 is 2.24 bits per heavy atom. The van der Waals surface area contributed by atoms with Crippen LogP contribution in [0.25, 0.3) is 0 Å². The molecular weight excluding hydrogens is 272 g/mol. The van der Waals surface area contributed by atoms with E-state index in [1.807, 2.05) is 6.92 Å². The maximum Gasteiger partial charge on any atom is 0.328 e. The molecule has 0 aliphatic carbocycles. The predicted octanol–water partition coefficient (Wildman–Crippen LogP) is 1.11. The Hall–Kier alpha value is -2.05. The van der Waals surface area contributed by atoms with E-state index in [4.69, 9.17) is 10.5 Å². The Labute approximate surface area is 123 Å². The minimum absolute atomic E-state index is 0.203. The molecule has 0 aromatic carbocycles. The molecule has 1 unspecified atom stereocenters. The molecule has 1 amide bonds. The quantitative estimate of drug-likeness (QED) is 0.810. The number of aromatic nitrogens is 2. The molecule has 1 aromatic heterocycles. The molecule has 0 bridgehead atoms. The van der Waals surface area contributed by atoms with Crippen LogP contribution in [0, 0.1) is 0 Å². The number of hydrogen-bond acceptors (Lipinski definition) is 5. The number of nitrogens with zero attached hydrogens (tertiary/aromatic N) is 2. The zero-order valence-electron chi connectivity index (χ0n) is 12.5. The third-order valence-corrected chi connectivity index (χ3v) is 3.82. The summed E-state index contributed by atoms with van der Waals surface area (Å²) in [6.45, 7) is 2.55. The summed E-state index contributed by atoms with van der Waals surface area (Å²) in [7, 11) is 1.34. The van der Waals surface area contributed by atoms with Gasteiger partial charge in [0.15, 0.2) is 5.69 Å². The monoisotopic (exact) mass is 294 g/mol. The molecule has 3 N–H and O–H groups in total. The number of carbonyl (C=O) groups excluding carboxylic acids is 2. The van der Waals surface area contributed by atoms with Crippen molar-refractivity contribution in [2.45, 2.75) is 45.1 Å². The van der Waals surface area contributed by atoms with Gasteiger partial charge in [-0.2, -0.15) is 5.10 Å². The highest BCUT2D eigenvalue weighted by molar-refractivity contribution is 5.99. The van der Waals surface area contributed by atoms with Crippen LogP contribution < -0.4 is 5.73 Å². The van der Waals surface area contributed by atoms with Crippen molar-refractivity contribution < 1.29 is 14.3 Å². The van der Waals surface area contributed by atoms with E-state index in [1.165, 1.54) is 12.0 Å². The van der Waals surface area contributed by atoms with Crippen LogP contribution in [0.15, 0.2) is 0 Å². The molecule has 21 heavy (non-hydrogen) atoms. The number of aryl methyl sites for hydroxylation is 1. The third-order valence-electron chi connectivity index (χ3n) is 3.82. The van der Waals surface area contributed by atoms with Gasteiger partial charge >= 0.3 is 5.97 Å². The Balaban J connectivity index is 2.22. The molecule has 0 spiro atoms. The lowest BCUT2D eigenvalue weighted by atomic mass is 10.0. The van der Waals surface area contributed by atoms with Gasteiger partial charge in [-0.05, 0) is 25.7 Å². The van der Waals surface area contributed by atoms with Crippen LogP contribution in [0.4, 0.5) is 5.69 Å². The largest absolute Gasteiger partial charge is 0.467 e.